The monoisotopic (exact) mass is 197 g/mol. The number of ether oxygens (including phenoxy) is 2. The predicted octanol–water partition coefficient (Wildman–Crippen LogP) is 0.483. The summed E-state index contributed by atoms with van der Waals surface area (Å²) in [6.45, 7) is 0. The Bertz CT molecular complexity index is 213. The molecular formula is C9H14BO4. The van der Waals surface area contributed by atoms with Crippen molar-refractivity contribution in [2.75, 3.05) is 14.2 Å². The molecule has 1 aromatic rings. The normalized spacial score (nSPS) is 9.21. The molecule has 5 heteroatoms. The van der Waals surface area contributed by atoms with Crippen LogP contribution in [0.5, 0.6) is 0 Å². The molecule has 0 unspecified atom stereocenters. The van der Waals surface area contributed by atoms with Gasteiger partial charge in [0.2, 0.25) is 0 Å². The van der Waals surface area contributed by atoms with Gasteiger partial charge in [0.25, 0.3) is 0 Å². The Labute approximate surface area is 84.4 Å². The molecule has 0 saturated heterocycles. The highest BCUT2D eigenvalue weighted by Gasteiger charge is 2.05. The van der Waals surface area contributed by atoms with Crippen molar-refractivity contribution in [3.8, 4) is 0 Å². The van der Waals surface area contributed by atoms with Crippen molar-refractivity contribution in [1.29, 1.82) is 0 Å². The summed E-state index contributed by atoms with van der Waals surface area (Å²) >= 11 is 0. The lowest BCUT2D eigenvalue weighted by atomic mass is 10.2. The Morgan fingerprint density at radius 3 is 1.86 bits per heavy atom. The average Bonchev–Trinajstić information content (AvgIpc) is 2.22. The molecule has 1 rings (SSSR count). The lowest BCUT2D eigenvalue weighted by Gasteiger charge is -2.12. The highest BCUT2D eigenvalue weighted by Crippen LogP contribution is 2.15. The Morgan fingerprint density at radius 1 is 1.07 bits per heavy atom. The quantitative estimate of drug-likeness (QED) is 0.546. The molecule has 1 radical (unpaired) electrons. The maximum absolute atomic E-state index is 7.00. The fraction of sp³-hybridized carbons (Fsp3) is 0.333. The van der Waals surface area contributed by atoms with Crippen LogP contribution in [0.3, 0.4) is 0 Å². The van der Waals surface area contributed by atoms with Crippen LogP contribution in [0, 0.1) is 0 Å². The molecule has 0 bridgehead atoms. The third-order valence-corrected chi connectivity index (χ3v) is 1.50. The van der Waals surface area contributed by atoms with E-state index in [2.05, 4.69) is 0 Å². The van der Waals surface area contributed by atoms with Crippen LogP contribution >= 0.6 is 0 Å². The van der Waals surface area contributed by atoms with Gasteiger partial charge in [-0.25, -0.2) is 0 Å². The van der Waals surface area contributed by atoms with Crippen LogP contribution in [0.15, 0.2) is 30.3 Å². The minimum Gasteiger partial charge on any atom is -0.429 e. The molecule has 0 amide bonds. The van der Waals surface area contributed by atoms with Crippen molar-refractivity contribution < 1.29 is 19.5 Å². The summed E-state index contributed by atoms with van der Waals surface area (Å²) in [5.41, 5.74) is 1.04. The third kappa shape index (κ3) is 4.99. The number of rotatable bonds is 3. The molecule has 1 aromatic carbocycles. The summed E-state index contributed by atoms with van der Waals surface area (Å²) in [5, 5.41) is 14.0. The van der Waals surface area contributed by atoms with Crippen LogP contribution in [-0.2, 0) is 9.47 Å². The first-order chi connectivity index (χ1) is 6.79. The Morgan fingerprint density at radius 2 is 1.50 bits per heavy atom. The summed E-state index contributed by atoms with van der Waals surface area (Å²) in [7, 11) is 3.25. The molecule has 14 heavy (non-hydrogen) atoms. The van der Waals surface area contributed by atoms with Gasteiger partial charge in [-0.05, 0) is 0 Å². The Balaban J connectivity index is 0.000000500. The van der Waals surface area contributed by atoms with Crippen LogP contribution in [0.2, 0.25) is 0 Å². The molecule has 0 aliphatic rings. The molecular weight excluding hydrogens is 183 g/mol. The topological polar surface area (TPSA) is 58.9 Å². The predicted molar refractivity (Wildman–Crippen MR) is 53.4 cm³/mol. The lowest BCUT2D eigenvalue weighted by molar-refractivity contribution is -0.106. The molecule has 0 fully saturated rings. The highest BCUT2D eigenvalue weighted by molar-refractivity contribution is 6.13. The van der Waals surface area contributed by atoms with Crippen LogP contribution in [0.1, 0.15) is 11.9 Å². The first kappa shape index (κ1) is 13.1. The van der Waals surface area contributed by atoms with E-state index in [1.807, 2.05) is 30.3 Å². The molecule has 0 heterocycles. The summed E-state index contributed by atoms with van der Waals surface area (Å²) < 4.78 is 10.1. The van der Waals surface area contributed by atoms with Crippen LogP contribution in [-0.4, -0.2) is 32.0 Å². The van der Waals surface area contributed by atoms with E-state index >= 15 is 0 Å². The molecule has 0 aromatic heterocycles. The largest absolute Gasteiger partial charge is 0.482 e. The van der Waals surface area contributed by atoms with Gasteiger partial charge >= 0.3 is 7.69 Å². The van der Waals surface area contributed by atoms with Gasteiger partial charge in [0.1, 0.15) is 0 Å². The maximum atomic E-state index is 7.00. The number of benzene rings is 1. The second-order valence-electron chi connectivity index (χ2n) is 2.33. The summed E-state index contributed by atoms with van der Waals surface area (Å²) in [5.74, 6) is 0. The summed E-state index contributed by atoms with van der Waals surface area (Å²) in [6, 6.07) is 9.82. The smallest absolute Gasteiger partial charge is 0.429 e. The standard InChI is InChI=1S/C9H12O2.BH2O2/c1-10-9(11-2)8-6-4-3-5-7-8;2-1-3/h3-7,9H,1-2H3;2-3H. The highest BCUT2D eigenvalue weighted by atomic mass is 16.7. The van der Waals surface area contributed by atoms with Gasteiger partial charge in [-0.3, -0.25) is 0 Å². The molecule has 0 atom stereocenters. The molecule has 0 aliphatic carbocycles. The van der Waals surface area contributed by atoms with Gasteiger partial charge in [-0.2, -0.15) is 0 Å². The van der Waals surface area contributed by atoms with Gasteiger partial charge < -0.3 is 19.5 Å². The van der Waals surface area contributed by atoms with Gasteiger partial charge in [0.15, 0.2) is 6.29 Å². The molecule has 4 nitrogen and oxygen atoms in total. The van der Waals surface area contributed by atoms with Crippen LogP contribution in [0.4, 0.5) is 0 Å². The minimum absolute atomic E-state index is 0. The first-order valence-corrected chi connectivity index (χ1v) is 4.00. The third-order valence-electron chi connectivity index (χ3n) is 1.50. The maximum Gasteiger partial charge on any atom is 0.482 e. The van der Waals surface area contributed by atoms with E-state index in [0.29, 0.717) is 0 Å². The van der Waals surface area contributed by atoms with Crippen molar-refractivity contribution in [1.82, 2.24) is 0 Å². The lowest BCUT2D eigenvalue weighted by Crippen LogP contribution is -2.02. The average molecular weight is 197 g/mol. The first-order valence-electron chi connectivity index (χ1n) is 4.00. The second-order valence-corrected chi connectivity index (χ2v) is 2.33. The number of hydrogen-bond donors (Lipinski definition) is 2. The van der Waals surface area contributed by atoms with Crippen molar-refractivity contribution in [2.24, 2.45) is 0 Å². The van der Waals surface area contributed by atoms with Gasteiger partial charge in [-0.1, -0.05) is 30.3 Å². The van der Waals surface area contributed by atoms with Crippen molar-refractivity contribution >= 4 is 7.69 Å². The summed E-state index contributed by atoms with van der Waals surface area (Å²) in [6.07, 6.45) is -0.240. The van der Waals surface area contributed by atoms with Crippen LogP contribution < -0.4 is 0 Å². The van der Waals surface area contributed by atoms with E-state index in [1.54, 1.807) is 14.2 Å². The van der Waals surface area contributed by atoms with Crippen LogP contribution in [0.25, 0.3) is 0 Å². The van der Waals surface area contributed by atoms with Crippen molar-refractivity contribution in [2.45, 2.75) is 6.29 Å². The fourth-order valence-electron chi connectivity index (χ4n) is 0.979. The zero-order valence-electron chi connectivity index (χ0n) is 8.25. The molecule has 0 spiro atoms. The van der Waals surface area contributed by atoms with Gasteiger partial charge in [0.05, 0.1) is 0 Å². The minimum atomic E-state index is -0.240. The molecule has 2 N–H and O–H groups in total. The zero-order chi connectivity index (χ0) is 10.8. The number of methoxy groups -OCH3 is 2. The van der Waals surface area contributed by atoms with E-state index in [0.717, 1.165) is 5.56 Å². The van der Waals surface area contributed by atoms with Gasteiger partial charge in [0, 0.05) is 19.8 Å². The van der Waals surface area contributed by atoms with Gasteiger partial charge in [-0.15, -0.1) is 0 Å². The second kappa shape index (κ2) is 8.71. The SMILES string of the molecule is COC(OC)c1ccccc1.O[B]O. The van der Waals surface area contributed by atoms with Crippen molar-refractivity contribution in [3.05, 3.63) is 35.9 Å². The zero-order valence-corrected chi connectivity index (χ0v) is 8.25. The molecule has 0 saturated carbocycles. The fourth-order valence-corrected chi connectivity index (χ4v) is 0.979. The number of hydrogen-bond acceptors (Lipinski definition) is 4. The van der Waals surface area contributed by atoms with Crippen molar-refractivity contribution in [3.63, 3.8) is 0 Å². The Hall–Kier alpha value is -0.875. The van der Waals surface area contributed by atoms with E-state index in [1.165, 1.54) is 0 Å². The molecule has 77 valence electrons. The Kier molecular flexibility index (Phi) is 8.17. The molecule has 0 aliphatic heterocycles. The van der Waals surface area contributed by atoms with E-state index in [-0.39, 0.29) is 14.0 Å². The van der Waals surface area contributed by atoms with E-state index in [9.17, 15) is 0 Å². The summed E-state index contributed by atoms with van der Waals surface area (Å²) in [4.78, 5) is 0. The van der Waals surface area contributed by atoms with E-state index < -0.39 is 0 Å². The van der Waals surface area contributed by atoms with E-state index in [4.69, 9.17) is 19.5 Å².